The standard InChI is InChI=1S/C17H18F3N7O/c18-17(19,20)16-22-14(21)13-15(23-16)27(25-24-13)10-12-9-26(6-7-28-12)8-11-4-2-1-3-5-11/h1-5,12H,6-10H2,(H2,21,22,23). The minimum Gasteiger partial charge on any atom is -0.382 e. The molecule has 3 heterocycles. The first kappa shape index (κ1) is 18.6. The molecule has 1 saturated heterocycles. The Morgan fingerprint density at radius 1 is 1.18 bits per heavy atom. The molecule has 1 aromatic carbocycles. The molecule has 0 bridgehead atoms. The van der Waals surface area contributed by atoms with Crippen LogP contribution in [0.2, 0.25) is 0 Å². The van der Waals surface area contributed by atoms with Gasteiger partial charge in [0.15, 0.2) is 17.0 Å². The van der Waals surface area contributed by atoms with Crippen molar-refractivity contribution in [2.24, 2.45) is 0 Å². The molecular weight excluding hydrogens is 375 g/mol. The normalized spacial score (nSPS) is 18.6. The maximum Gasteiger partial charge on any atom is 0.451 e. The SMILES string of the molecule is Nc1nc(C(F)(F)F)nc2c1nnn2CC1CN(Cc2ccccc2)CCO1. The lowest BCUT2D eigenvalue weighted by atomic mass is 10.2. The number of alkyl halides is 3. The zero-order valence-corrected chi connectivity index (χ0v) is 14.8. The van der Waals surface area contributed by atoms with Crippen molar-refractivity contribution < 1.29 is 17.9 Å². The van der Waals surface area contributed by atoms with E-state index in [0.717, 1.165) is 13.1 Å². The van der Waals surface area contributed by atoms with Gasteiger partial charge < -0.3 is 10.5 Å². The van der Waals surface area contributed by atoms with E-state index in [1.165, 1.54) is 10.2 Å². The number of rotatable bonds is 4. The fraction of sp³-hybridized carbons (Fsp3) is 0.412. The number of nitrogen functional groups attached to an aromatic ring is 1. The number of hydrogen-bond donors (Lipinski definition) is 1. The van der Waals surface area contributed by atoms with Crippen LogP contribution in [-0.4, -0.2) is 55.7 Å². The molecule has 0 spiro atoms. The van der Waals surface area contributed by atoms with Gasteiger partial charge in [0.25, 0.3) is 0 Å². The number of ether oxygens (including phenoxy) is 1. The molecule has 11 heteroatoms. The van der Waals surface area contributed by atoms with Crippen molar-refractivity contribution in [3.05, 3.63) is 41.7 Å². The van der Waals surface area contributed by atoms with E-state index < -0.39 is 12.0 Å². The van der Waals surface area contributed by atoms with Gasteiger partial charge in [0, 0.05) is 19.6 Å². The van der Waals surface area contributed by atoms with Crippen LogP contribution in [0, 0.1) is 0 Å². The van der Waals surface area contributed by atoms with Gasteiger partial charge in [-0.25, -0.2) is 14.6 Å². The maximum absolute atomic E-state index is 13.0. The summed E-state index contributed by atoms with van der Waals surface area (Å²) in [6.45, 7) is 2.90. The number of anilines is 1. The minimum absolute atomic E-state index is 0.0463. The Hall–Kier alpha value is -2.79. The van der Waals surface area contributed by atoms with Gasteiger partial charge >= 0.3 is 6.18 Å². The van der Waals surface area contributed by atoms with Crippen LogP contribution in [0.5, 0.6) is 0 Å². The molecule has 3 aromatic rings. The number of benzene rings is 1. The van der Waals surface area contributed by atoms with Crippen molar-refractivity contribution in [3.8, 4) is 0 Å². The smallest absolute Gasteiger partial charge is 0.382 e. The molecule has 2 aromatic heterocycles. The van der Waals surface area contributed by atoms with Gasteiger partial charge in [-0.3, -0.25) is 4.90 Å². The van der Waals surface area contributed by atoms with Crippen molar-refractivity contribution in [2.75, 3.05) is 25.4 Å². The van der Waals surface area contributed by atoms with Gasteiger partial charge in [0.2, 0.25) is 5.82 Å². The monoisotopic (exact) mass is 393 g/mol. The van der Waals surface area contributed by atoms with Crippen molar-refractivity contribution in [2.45, 2.75) is 25.4 Å². The lowest BCUT2D eigenvalue weighted by Gasteiger charge is -2.32. The molecule has 1 atom stereocenters. The lowest BCUT2D eigenvalue weighted by molar-refractivity contribution is -0.144. The van der Waals surface area contributed by atoms with E-state index in [1.54, 1.807) is 0 Å². The molecule has 0 radical (unpaired) electrons. The third kappa shape index (κ3) is 3.90. The van der Waals surface area contributed by atoms with E-state index in [4.69, 9.17) is 10.5 Å². The maximum atomic E-state index is 13.0. The van der Waals surface area contributed by atoms with Crippen LogP contribution in [0.25, 0.3) is 11.2 Å². The second-order valence-corrected chi connectivity index (χ2v) is 6.59. The van der Waals surface area contributed by atoms with Crippen molar-refractivity contribution >= 4 is 17.0 Å². The zero-order valence-electron chi connectivity index (χ0n) is 14.8. The van der Waals surface area contributed by atoms with E-state index >= 15 is 0 Å². The van der Waals surface area contributed by atoms with Gasteiger partial charge in [-0.1, -0.05) is 35.5 Å². The van der Waals surface area contributed by atoms with E-state index in [1.807, 2.05) is 30.3 Å². The molecule has 1 unspecified atom stereocenters. The third-order valence-corrected chi connectivity index (χ3v) is 4.49. The molecule has 1 fully saturated rings. The van der Waals surface area contributed by atoms with E-state index in [2.05, 4.69) is 25.2 Å². The summed E-state index contributed by atoms with van der Waals surface area (Å²) in [4.78, 5) is 9.08. The van der Waals surface area contributed by atoms with Crippen LogP contribution < -0.4 is 5.73 Å². The summed E-state index contributed by atoms with van der Waals surface area (Å²) < 4.78 is 46.0. The van der Waals surface area contributed by atoms with Crippen LogP contribution >= 0.6 is 0 Å². The minimum atomic E-state index is -4.70. The molecule has 148 valence electrons. The summed E-state index contributed by atoms with van der Waals surface area (Å²) in [5.74, 6) is -1.66. The van der Waals surface area contributed by atoms with Crippen molar-refractivity contribution in [1.29, 1.82) is 0 Å². The third-order valence-electron chi connectivity index (χ3n) is 4.49. The molecule has 28 heavy (non-hydrogen) atoms. The van der Waals surface area contributed by atoms with Gasteiger partial charge in [-0.05, 0) is 5.56 Å². The first-order valence-electron chi connectivity index (χ1n) is 8.72. The Morgan fingerprint density at radius 2 is 1.96 bits per heavy atom. The number of fused-ring (bicyclic) bond motifs is 1. The molecule has 8 nitrogen and oxygen atoms in total. The topological polar surface area (TPSA) is 95.0 Å². The molecule has 1 aliphatic rings. The summed E-state index contributed by atoms with van der Waals surface area (Å²) in [6, 6.07) is 10.0. The number of hydrogen-bond acceptors (Lipinski definition) is 7. The highest BCUT2D eigenvalue weighted by Crippen LogP contribution is 2.28. The van der Waals surface area contributed by atoms with Crippen molar-refractivity contribution in [1.82, 2.24) is 29.9 Å². The number of nitrogens with zero attached hydrogens (tertiary/aromatic N) is 6. The number of nitrogens with two attached hydrogens (primary N) is 1. The molecular formula is C17H18F3N7O. The van der Waals surface area contributed by atoms with Crippen molar-refractivity contribution in [3.63, 3.8) is 0 Å². The molecule has 4 rings (SSSR count). The Morgan fingerprint density at radius 3 is 2.71 bits per heavy atom. The Bertz CT molecular complexity index is 961. The molecule has 2 N–H and O–H groups in total. The molecule has 0 aliphatic carbocycles. The van der Waals surface area contributed by atoms with Gasteiger partial charge in [-0.2, -0.15) is 13.2 Å². The predicted molar refractivity (Wildman–Crippen MR) is 94.0 cm³/mol. The molecule has 1 aliphatic heterocycles. The lowest BCUT2D eigenvalue weighted by Crippen LogP contribution is -2.43. The highest BCUT2D eigenvalue weighted by molar-refractivity contribution is 5.80. The van der Waals surface area contributed by atoms with Crippen LogP contribution in [0.3, 0.4) is 0 Å². The first-order chi connectivity index (χ1) is 13.4. The Balaban J connectivity index is 1.52. The van der Waals surface area contributed by atoms with E-state index in [9.17, 15) is 13.2 Å². The average molecular weight is 393 g/mol. The Kier molecular flexibility index (Phi) is 4.85. The number of morpholine rings is 1. The quantitative estimate of drug-likeness (QED) is 0.721. The van der Waals surface area contributed by atoms with E-state index in [-0.39, 0.29) is 29.6 Å². The average Bonchev–Trinajstić information content (AvgIpc) is 3.06. The van der Waals surface area contributed by atoms with Crippen LogP contribution in [-0.2, 0) is 24.0 Å². The molecule has 0 saturated carbocycles. The van der Waals surface area contributed by atoms with Crippen LogP contribution in [0.4, 0.5) is 19.0 Å². The van der Waals surface area contributed by atoms with Crippen LogP contribution in [0.1, 0.15) is 11.4 Å². The second kappa shape index (κ2) is 7.32. The summed E-state index contributed by atoms with van der Waals surface area (Å²) in [5, 5.41) is 7.72. The summed E-state index contributed by atoms with van der Waals surface area (Å²) in [6.07, 6.45) is -4.96. The zero-order chi connectivity index (χ0) is 19.7. The molecule has 0 amide bonds. The summed E-state index contributed by atoms with van der Waals surface area (Å²) in [7, 11) is 0. The largest absolute Gasteiger partial charge is 0.451 e. The summed E-state index contributed by atoms with van der Waals surface area (Å²) in [5.41, 5.74) is 6.78. The van der Waals surface area contributed by atoms with Gasteiger partial charge in [0.1, 0.15) is 0 Å². The van der Waals surface area contributed by atoms with Gasteiger partial charge in [0.05, 0.1) is 19.3 Å². The van der Waals surface area contributed by atoms with E-state index in [0.29, 0.717) is 13.2 Å². The highest BCUT2D eigenvalue weighted by Gasteiger charge is 2.36. The Labute approximate surface area is 158 Å². The summed E-state index contributed by atoms with van der Waals surface area (Å²) >= 11 is 0. The van der Waals surface area contributed by atoms with Crippen LogP contribution in [0.15, 0.2) is 30.3 Å². The van der Waals surface area contributed by atoms with Gasteiger partial charge in [-0.15, -0.1) is 5.10 Å². The number of halogens is 3. The first-order valence-corrected chi connectivity index (χ1v) is 8.72. The fourth-order valence-electron chi connectivity index (χ4n) is 3.20. The number of aromatic nitrogens is 5. The fourth-order valence-corrected chi connectivity index (χ4v) is 3.20. The predicted octanol–water partition coefficient (Wildman–Crippen LogP) is 1.72. The second-order valence-electron chi connectivity index (χ2n) is 6.59. The highest BCUT2D eigenvalue weighted by atomic mass is 19.4.